The van der Waals surface area contributed by atoms with Crippen LogP contribution in [-0.2, 0) is 4.79 Å². The molecular formula is C20H20O2. The summed E-state index contributed by atoms with van der Waals surface area (Å²) in [6, 6.07) is 18.2. The van der Waals surface area contributed by atoms with E-state index in [0.29, 0.717) is 12.3 Å². The second-order valence-corrected chi connectivity index (χ2v) is 5.72. The van der Waals surface area contributed by atoms with Crippen LogP contribution in [0, 0.1) is 0 Å². The van der Waals surface area contributed by atoms with Gasteiger partial charge in [-0.15, -0.1) is 0 Å². The number of rotatable bonds is 3. The Bertz CT molecular complexity index is 686. The summed E-state index contributed by atoms with van der Waals surface area (Å²) in [6.45, 7) is 0. The Kier molecular flexibility index (Phi) is 4.38. The van der Waals surface area contributed by atoms with Crippen LogP contribution >= 0.6 is 0 Å². The molecule has 1 atom stereocenters. The maximum atomic E-state index is 12.4. The highest BCUT2D eigenvalue weighted by Crippen LogP contribution is 2.34. The van der Waals surface area contributed by atoms with E-state index in [1.54, 1.807) is 7.11 Å². The Labute approximate surface area is 131 Å². The van der Waals surface area contributed by atoms with Crippen LogP contribution in [-0.4, -0.2) is 12.9 Å². The number of methoxy groups -OCH3 is 1. The van der Waals surface area contributed by atoms with Gasteiger partial charge in [0.1, 0.15) is 5.75 Å². The molecule has 0 heterocycles. The molecule has 0 saturated heterocycles. The zero-order valence-corrected chi connectivity index (χ0v) is 12.8. The Morgan fingerprint density at radius 2 is 1.91 bits per heavy atom. The van der Waals surface area contributed by atoms with Gasteiger partial charge in [-0.3, -0.25) is 4.79 Å². The summed E-state index contributed by atoms with van der Waals surface area (Å²) in [6.07, 6.45) is 4.49. The van der Waals surface area contributed by atoms with E-state index in [9.17, 15) is 4.79 Å². The minimum atomic E-state index is 0.267. The Hall–Kier alpha value is -2.35. The molecule has 0 aromatic heterocycles. The highest BCUT2D eigenvalue weighted by atomic mass is 16.5. The van der Waals surface area contributed by atoms with Crippen LogP contribution in [0.4, 0.5) is 0 Å². The van der Waals surface area contributed by atoms with Gasteiger partial charge >= 0.3 is 0 Å². The summed E-state index contributed by atoms with van der Waals surface area (Å²) in [7, 11) is 1.66. The van der Waals surface area contributed by atoms with Crippen molar-refractivity contribution >= 4 is 11.9 Å². The topological polar surface area (TPSA) is 26.3 Å². The molecule has 0 bridgehead atoms. The van der Waals surface area contributed by atoms with Gasteiger partial charge in [0.25, 0.3) is 0 Å². The van der Waals surface area contributed by atoms with E-state index in [1.165, 1.54) is 5.56 Å². The van der Waals surface area contributed by atoms with E-state index in [2.05, 4.69) is 12.1 Å². The zero-order valence-electron chi connectivity index (χ0n) is 12.8. The third-order valence-electron chi connectivity index (χ3n) is 4.26. The highest BCUT2D eigenvalue weighted by molar-refractivity contribution is 6.00. The van der Waals surface area contributed by atoms with E-state index >= 15 is 0 Å². The number of allylic oxidation sites excluding steroid dienone is 1. The summed E-state index contributed by atoms with van der Waals surface area (Å²) in [4.78, 5) is 12.4. The number of benzene rings is 2. The molecule has 0 N–H and O–H groups in total. The third kappa shape index (κ3) is 3.28. The van der Waals surface area contributed by atoms with Crippen LogP contribution < -0.4 is 4.74 Å². The third-order valence-corrected chi connectivity index (χ3v) is 4.26. The van der Waals surface area contributed by atoms with E-state index in [4.69, 9.17) is 4.74 Å². The van der Waals surface area contributed by atoms with Crippen molar-refractivity contribution in [3.05, 3.63) is 71.3 Å². The van der Waals surface area contributed by atoms with Gasteiger partial charge in [0.15, 0.2) is 5.78 Å². The number of hydrogen-bond acceptors (Lipinski definition) is 2. The number of ketones is 1. The van der Waals surface area contributed by atoms with Crippen molar-refractivity contribution < 1.29 is 9.53 Å². The normalized spacial score (nSPS) is 20.1. The summed E-state index contributed by atoms with van der Waals surface area (Å²) < 4.78 is 5.23. The van der Waals surface area contributed by atoms with Crippen molar-refractivity contribution in [2.24, 2.45) is 0 Å². The van der Waals surface area contributed by atoms with E-state index in [1.807, 2.05) is 48.5 Å². The standard InChI is InChI=1S/C20H20O2/c1-22-19-9-5-6-15(13-19)12-18-11-10-17(14-20(18)21)16-7-3-2-4-8-16/h2-9,12-13,17H,10-11,14H2,1H3. The number of hydrogen-bond donors (Lipinski definition) is 0. The van der Waals surface area contributed by atoms with Crippen molar-refractivity contribution in [1.29, 1.82) is 0 Å². The van der Waals surface area contributed by atoms with Crippen molar-refractivity contribution in [3.63, 3.8) is 0 Å². The molecule has 1 unspecified atom stereocenters. The smallest absolute Gasteiger partial charge is 0.159 e. The molecule has 0 aliphatic heterocycles. The largest absolute Gasteiger partial charge is 0.497 e. The van der Waals surface area contributed by atoms with Crippen molar-refractivity contribution in [2.75, 3.05) is 7.11 Å². The summed E-state index contributed by atoms with van der Waals surface area (Å²) >= 11 is 0. The van der Waals surface area contributed by atoms with Crippen LogP contribution in [0.15, 0.2) is 60.2 Å². The molecule has 1 saturated carbocycles. The fraction of sp³-hybridized carbons (Fsp3) is 0.250. The van der Waals surface area contributed by atoms with Gasteiger partial charge in [-0.1, -0.05) is 42.5 Å². The predicted octanol–water partition coefficient (Wildman–Crippen LogP) is 4.62. The maximum absolute atomic E-state index is 12.4. The molecule has 112 valence electrons. The monoisotopic (exact) mass is 292 g/mol. The molecule has 1 fully saturated rings. The quantitative estimate of drug-likeness (QED) is 0.772. The number of ether oxygens (including phenoxy) is 1. The molecule has 0 amide bonds. The zero-order chi connectivity index (χ0) is 15.4. The van der Waals surface area contributed by atoms with E-state index < -0.39 is 0 Å². The van der Waals surface area contributed by atoms with Gasteiger partial charge in [0.2, 0.25) is 0 Å². The van der Waals surface area contributed by atoms with Crippen molar-refractivity contribution in [1.82, 2.24) is 0 Å². The molecule has 1 aliphatic carbocycles. The predicted molar refractivity (Wildman–Crippen MR) is 89.0 cm³/mol. The minimum Gasteiger partial charge on any atom is -0.497 e. The molecule has 22 heavy (non-hydrogen) atoms. The number of carbonyl (C=O) groups excluding carboxylic acids is 1. The fourth-order valence-electron chi connectivity index (χ4n) is 3.02. The molecule has 0 spiro atoms. The fourth-order valence-corrected chi connectivity index (χ4v) is 3.02. The van der Waals surface area contributed by atoms with Crippen LogP contribution in [0.3, 0.4) is 0 Å². The van der Waals surface area contributed by atoms with Gasteiger partial charge < -0.3 is 4.74 Å². The lowest BCUT2D eigenvalue weighted by Gasteiger charge is -2.23. The van der Waals surface area contributed by atoms with Crippen LogP contribution in [0.2, 0.25) is 0 Å². The maximum Gasteiger partial charge on any atom is 0.159 e. The molecule has 2 nitrogen and oxygen atoms in total. The van der Waals surface area contributed by atoms with Crippen molar-refractivity contribution in [3.8, 4) is 5.75 Å². The minimum absolute atomic E-state index is 0.267. The molecule has 2 aromatic rings. The molecule has 3 rings (SSSR count). The first-order chi connectivity index (χ1) is 10.8. The first kappa shape index (κ1) is 14.6. The van der Waals surface area contributed by atoms with E-state index in [0.717, 1.165) is 29.7 Å². The number of carbonyl (C=O) groups is 1. The summed E-state index contributed by atoms with van der Waals surface area (Å²) in [5, 5.41) is 0. The van der Waals surface area contributed by atoms with Gasteiger partial charge in [-0.25, -0.2) is 0 Å². The lowest BCUT2D eigenvalue weighted by molar-refractivity contribution is -0.116. The average Bonchev–Trinajstić information content (AvgIpc) is 2.58. The Morgan fingerprint density at radius 1 is 1.09 bits per heavy atom. The van der Waals surface area contributed by atoms with E-state index in [-0.39, 0.29) is 5.78 Å². The second-order valence-electron chi connectivity index (χ2n) is 5.72. The Balaban J connectivity index is 1.75. The summed E-state index contributed by atoms with van der Waals surface area (Å²) in [5.41, 5.74) is 3.23. The van der Waals surface area contributed by atoms with Crippen molar-refractivity contribution in [2.45, 2.75) is 25.2 Å². The molecule has 1 aliphatic rings. The lowest BCUT2D eigenvalue weighted by Crippen LogP contribution is -2.16. The summed E-state index contributed by atoms with van der Waals surface area (Å²) in [5.74, 6) is 1.44. The van der Waals surface area contributed by atoms with Crippen LogP contribution in [0.5, 0.6) is 5.75 Å². The number of Topliss-reactive ketones (excluding diaryl/α,β-unsaturated/α-hetero) is 1. The average molecular weight is 292 g/mol. The van der Waals surface area contributed by atoms with Gasteiger partial charge in [0, 0.05) is 6.42 Å². The van der Waals surface area contributed by atoms with Crippen LogP contribution in [0.1, 0.15) is 36.3 Å². The molecule has 0 radical (unpaired) electrons. The van der Waals surface area contributed by atoms with Gasteiger partial charge in [-0.05, 0) is 53.7 Å². The van der Waals surface area contributed by atoms with Crippen LogP contribution in [0.25, 0.3) is 6.08 Å². The molecule has 2 aromatic carbocycles. The lowest BCUT2D eigenvalue weighted by atomic mass is 9.80. The SMILES string of the molecule is COc1cccc(C=C2CCC(c3ccccc3)CC2=O)c1. The Morgan fingerprint density at radius 3 is 2.64 bits per heavy atom. The second kappa shape index (κ2) is 6.61. The first-order valence-electron chi connectivity index (χ1n) is 7.69. The van der Waals surface area contributed by atoms with Gasteiger partial charge in [0.05, 0.1) is 7.11 Å². The highest BCUT2D eigenvalue weighted by Gasteiger charge is 2.24. The molecule has 2 heteroatoms. The van der Waals surface area contributed by atoms with Gasteiger partial charge in [-0.2, -0.15) is 0 Å². The molecular weight excluding hydrogens is 272 g/mol. The first-order valence-corrected chi connectivity index (χ1v) is 7.69.